The minimum absolute atomic E-state index is 0.129. The number of methoxy groups -OCH3 is 1. The van der Waals surface area contributed by atoms with Crippen molar-refractivity contribution in [2.24, 2.45) is 0 Å². The number of carbonyl (C=O) groups excluding carboxylic acids is 2. The van der Waals surface area contributed by atoms with Gasteiger partial charge in [0.2, 0.25) is 0 Å². The number of hydrogen-bond acceptors (Lipinski definition) is 4. The van der Waals surface area contributed by atoms with Gasteiger partial charge in [-0.25, -0.2) is 0 Å². The summed E-state index contributed by atoms with van der Waals surface area (Å²) in [5.41, 5.74) is 1.52. The Kier molecular flexibility index (Phi) is 6.38. The van der Waals surface area contributed by atoms with Crippen LogP contribution in [0, 0.1) is 0 Å². The van der Waals surface area contributed by atoms with Crippen molar-refractivity contribution in [2.45, 2.75) is 50.5 Å². The van der Waals surface area contributed by atoms with E-state index in [2.05, 4.69) is 5.32 Å². The van der Waals surface area contributed by atoms with Crippen LogP contribution in [0.1, 0.15) is 53.2 Å². The summed E-state index contributed by atoms with van der Waals surface area (Å²) < 4.78 is 46.9. The predicted octanol–water partition coefficient (Wildman–Crippen LogP) is 5.42. The molecule has 3 heterocycles. The zero-order valence-corrected chi connectivity index (χ0v) is 21.6. The molecule has 0 saturated carbocycles. The number of rotatable bonds is 4. The second-order valence-electron chi connectivity index (χ2n) is 10.7. The van der Waals surface area contributed by atoms with Crippen LogP contribution in [0.2, 0.25) is 0 Å². The van der Waals surface area contributed by atoms with Gasteiger partial charge in [0.15, 0.2) is 0 Å². The SMILES string of the molecule is COc1cc(C(=O)N2CCC3(CC2)NC(C)(C)Cn2c(C(=O)C(F)(F)F)ccc23)ccc1-c1ccccc1. The van der Waals surface area contributed by atoms with Crippen LogP contribution in [0.4, 0.5) is 13.2 Å². The monoisotopic (exact) mass is 525 g/mol. The molecule has 9 heteroatoms. The van der Waals surface area contributed by atoms with E-state index in [1.165, 1.54) is 10.6 Å². The van der Waals surface area contributed by atoms with Crippen LogP contribution in [0.15, 0.2) is 60.7 Å². The Hall–Kier alpha value is -3.59. The van der Waals surface area contributed by atoms with Crippen molar-refractivity contribution in [3.8, 4) is 16.9 Å². The Bertz CT molecular complexity index is 1370. The Morgan fingerprint density at radius 3 is 2.29 bits per heavy atom. The van der Waals surface area contributed by atoms with Crippen molar-refractivity contribution in [2.75, 3.05) is 20.2 Å². The van der Waals surface area contributed by atoms with Crippen molar-refractivity contribution in [1.82, 2.24) is 14.8 Å². The van der Waals surface area contributed by atoms with Gasteiger partial charge in [-0.2, -0.15) is 13.2 Å². The van der Waals surface area contributed by atoms with E-state index in [4.69, 9.17) is 4.74 Å². The van der Waals surface area contributed by atoms with Crippen molar-refractivity contribution in [3.63, 3.8) is 0 Å². The van der Waals surface area contributed by atoms with E-state index in [1.54, 1.807) is 30.2 Å². The highest BCUT2D eigenvalue weighted by Crippen LogP contribution is 2.41. The molecule has 200 valence electrons. The van der Waals surface area contributed by atoms with Gasteiger partial charge in [0, 0.05) is 42.0 Å². The minimum Gasteiger partial charge on any atom is -0.496 e. The van der Waals surface area contributed by atoms with E-state index >= 15 is 0 Å². The molecule has 0 aliphatic carbocycles. The quantitative estimate of drug-likeness (QED) is 0.462. The largest absolute Gasteiger partial charge is 0.496 e. The highest BCUT2D eigenvalue weighted by Gasteiger charge is 2.49. The first-order valence-corrected chi connectivity index (χ1v) is 12.6. The number of alkyl halides is 3. The second kappa shape index (κ2) is 9.31. The number of ketones is 1. The third-order valence-corrected chi connectivity index (χ3v) is 7.53. The molecule has 1 fully saturated rings. The standard InChI is InChI=1S/C29H30F3N3O3/c1-27(2)18-35-22(25(36)29(30,31)32)11-12-24(35)28(33-27)13-15-34(16-14-28)26(37)20-9-10-21(23(17-20)38-3)19-7-5-4-6-8-19/h4-12,17,33H,13-16,18H2,1-3H3. The normalized spacial score (nSPS) is 18.2. The Labute approximate surface area is 219 Å². The molecule has 0 radical (unpaired) electrons. The maximum Gasteiger partial charge on any atom is 0.456 e. The molecule has 3 aromatic rings. The van der Waals surface area contributed by atoms with Crippen molar-refractivity contribution >= 4 is 11.7 Å². The van der Waals surface area contributed by atoms with Crippen LogP contribution in [-0.2, 0) is 12.1 Å². The van der Waals surface area contributed by atoms with Gasteiger partial charge in [-0.05, 0) is 62.6 Å². The summed E-state index contributed by atoms with van der Waals surface area (Å²) >= 11 is 0. The Morgan fingerprint density at radius 1 is 0.974 bits per heavy atom. The molecule has 2 aliphatic heterocycles. The first-order valence-electron chi connectivity index (χ1n) is 12.6. The third kappa shape index (κ3) is 4.60. The number of ether oxygens (including phenoxy) is 1. The topological polar surface area (TPSA) is 63.6 Å². The number of nitrogens with one attached hydrogen (secondary N) is 1. The maximum atomic E-state index is 13.4. The first-order chi connectivity index (χ1) is 17.9. The second-order valence-corrected chi connectivity index (χ2v) is 10.7. The van der Waals surface area contributed by atoms with Crippen LogP contribution >= 0.6 is 0 Å². The van der Waals surface area contributed by atoms with E-state index in [1.807, 2.05) is 50.2 Å². The van der Waals surface area contributed by atoms with Gasteiger partial charge in [0.25, 0.3) is 11.7 Å². The summed E-state index contributed by atoms with van der Waals surface area (Å²) in [6, 6.07) is 18.1. The summed E-state index contributed by atoms with van der Waals surface area (Å²) in [6.07, 6.45) is -3.93. The number of carbonyl (C=O) groups is 2. The van der Waals surface area contributed by atoms with Crippen molar-refractivity contribution in [3.05, 3.63) is 77.6 Å². The van der Waals surface area contributed by atoms with Gasteiger partial charge in [0.05, 0.1) is 18.3 Å². The molecule has 2 aromatic carbocycles. The van der Waals surface area contributed by atoms with Crippen LogP contribution in [0.5, 0.6) is 5.75 Å². The molecule has 1 N–H and O–H groups in total. The molecule has 5 rings (SSSR count). The van der Waals surface area contributed by atoms with E-state index < -0.39 is 23.0 Å². The molecule has 2 aliphatic rings. The maximum absolute atomic E-state index is 13.4. The van der Waals surface area contributed by atoms with Gasteiger partial charge in [-0.1, -0.05) is 30.3 Å². The fraction of sp³-hybridized carbons (Fsp3) is 0.379. The number of amides is 1. The number of Topliss-reactive ketones (excluding diaryl/α,β-unsaturated/α-hetero) is 1. The fourth-order valence-electron chi connectivity index (χ4n) is 5.88. The number of halogens is 3. The fourth-order valence-corrected chi connectivity index (χ4v) is 5.88. The molecule has 0 bridgehead atoms. The number of piperidine rings is 1. The molecule has 1 aromatic heterocycles. The highest BCUT2D eigenvalue weighted by molar-refractivity contribution is 5.99. The van der Waals surface area contributed by atoms with Crippen LogP contribution in [0.3, 0.4) is 0 Å². The molecule has 1 saturated heterocycles. The van der Waals surface area contributed by atoms with Crippen molar-refractivity contribution < 1.29 is 27.5 Å². The van der Waals surface area contributed by atoms with E-state index in [0.29, 0.717) is 42.9 Å². The lowest BCUT2D eigenvalue weighted by Crippen LogP contribution is -2.63. The van der Waals surface area contributed by atoms with Gasteiger partial charge in [0.1, 0.15) is 5.75 Å². The van der Waals surface area contributed by atoms with Gasteiger partial charge < -0.3 is 14.2 Å². The number of aromatic nitrogens is 1. The number of hydrogen-bond donors (Lipinski definition) is 1. The molecular weight excluding hydrogens is 495 g/mol. The molecule has 1 amide bonds. The van der Waals surface area contributed by atoms with Gasteiger partial charge in [-0.3, -0.25) is 14.9 Å². The van der Waals surface area contributed by atoms with Crippen molar-refractivity contribution in [1.29, 1.82) is 0 Å². The summed E-state index contributed by atoms with van der Waals surface area (Å²) in [5.74, 6) is -1.36. The van der Waals surface area contributed by atoms with Crippen LogP contribution in [0.25, 0.3) is 11.1 Å². The summed E-state index contributed by atoms with van der Waals surface area (Å²) in [5, 5.41) is 3.63. The Balaban J connectivity index is 1.38. The van der Waals surface area contributed by atoms with E-state index in [9.17, 15) is 22.8 Å². The molecule has 0 atom stereocenters. The smallest absolute Gasteiger partial charge is 0.456 e. The molecule has 1 spiro atoms. The zero-order chi connectivity index (χ0) is 27.3. The first kappa shape index (κ1) is 26.0. The summed E-state index contributed by atoms with van der Waals surface area (Å²) in [4.78, 5) is 27.3. The zero-order valence-electron chi connectivity index (χ0n) is 21.6. The Morgan fingerprint density at radius 2 is 1.66 bits per heavy atom. The minimum atomic E-state index is -4.94. The van der Waals surface area contributed by atoms with E-state index in [0.717, 1.165) is 11.1 Å². The van der Waals surface area contributed by atoms with Crippen LogP contribution in [-0.4, -0.2) is 53.1 Å². The average Bonchev–Trinajstić information content (AvgIpc) is 3.31. The predicted molar refractivity (Wildman–Crippen MR) is 137 cm³/mol. The summed E-state index contributed by atoms with van der Waals surface area (Å²) in [7, 11) is 1.57. The number of benzene rings is 2. The average molecular weight is 526 g/mol. The van der Waals surface area contributed by atoms with Gasteiger partial charge >= 0.3 is 6.18 Å². The molecular formula is C29H30F3N3O3. The van der Waals surface area contributed by atoms with E-state index in [-0.39, 0.29) is 18.1 Å². The molecule has 6 nitrogen and oxygen atoms in total. The lowest BCUT2D eigenvalue weighted by atomic mass is 9.79. The lowest BCUT2D eigenvalue weighted by Gasteiger charge is -2.51. The lowest BCUT2D eigenvalue weighted by molar-refractivity contribution is -0.0892. The number of nitrogens with zero attached hydrogens (tertiary/aromatic N) is 2. The summed E-state index contributed by atoms with van der Waals surface area (Å²) in [6.45, 7) is 4.90. The van der Waals surface area contributed by atoms with Gasteiger partial charge in [-0.15, -0.1) is 0 Å². The molecule has 0 unspecified atom stereocenters. The van der Waals surface area contributed by atoms with Crippen LogP contribution < -0.4 is 10.1 Å². The third-order valence-electron chi connectivity index (χ3n) is 7.53. The number of likely N-dealkylation sites (tertiary alicyclic amines) is 1. The number of fused-ring (bicyclic) bond motifs is 2. The molecule has 38 heavy (non-hydrogen) atoms. The highest BCUT2D eigenvalue weighted by atomic mass is 19.4.